The summed E-state index contributed by atoms with van der Waals surface area (Å²) < 4.78 is 12.8. The molecule has 154 valence electrons. The summed E-state index contributed by atoms with van der Waals surface area (Å²) in [7, 11) is 3.26. The first-order valence-corrected chi connectivity index (χ1v) is 10.6. The van der Waals surface area contributed by atoms with Crippen molar-refractivity contribution in [1.82, 2.24) is 9.38 Å². The van der Waals surface area contributed by atoms with E-state index in [-0.39, 0.29) is 12.3 Å². The van der Waals surface area contributed by atoms with Gasteiger partial charge in [-0.2, -0.15) is 0 Å². The zero-order valence-corrected chi connectivity index (χ0v) is 18.0. The molecule has 0 saturated heterocycles. The summed E-state index contributed by atoms with van der Waals surface area (Å²) in [6.07, 6.45) is 3.17. The maximum absolute atomic E-state index is 12.6. The Balaban J connectivity index is 1.56. The van der Waals surface area contributed by atoms with Gasteiger partial charge in [0.25, 0.3) is 0 Å². The summed E-state index contributed by atoms with van der Waals surface area (Å²) in [5, 5.41) is 4.93. The van der Waals surface area contributed by atoms with Gasteiger partial charge >= 0.3 is 0 Å². The highest BCUT2D eigenvalue weighted by Gasteiger charge is 2.16. The normalized spacial score (nSPS) is 10.9. The zero-order valence-electron chi connectivity index (χ0n) is 17.1. The van der Waals surface area contributed by atoms with Crippen molar-refractivity contribution < 1.29 is 14.3 Å². The number of hydrogen-bond acceptors (Lipinski definition) is 5. The van der Waals surface area contributed by atoms with Crippen LogP contribution in [0, 0.1) is 0 Å². The summed E-state index contributed by atoms with van der Waals surface area (Å²) in [5.74, 6) is 1.39. The lowest BCUT2D eigenvalue weighted by Crippen LogP contribution is -2.15. The van der Waals surface area contributed by atoms with Crippen molar-refractivity contribution in [1.29, 1.82) is 0 Å². The molecule has 0 spiro atoms. The van der Waals surface area contributed by atoms with Gasteiger partial charge in [-0.3, -0.25) is 9.20 Å². The van der Waals surface area contributed by atoms with Crippen molar-refractivity contribution in [3.05, 3.63) is 65.3 Å². The van der Waals surface area contributed by atoms with Crippen molar-refractivity contribution in [2.24, 2.45) is 0 Å². The van der Waals surface area contributed by atoms with Crippen LogP contribution in [0.15, 0.2) is 54.0 Å². The number of thiazole rings is 1. The predicted molar refractivity (Wildman–Crippen MR) is 120 cm³/mol. The molecule has 7 heteroatoms. The molecule has 2 aromatic heterocycles. The number of carbonyl (C=O) groups is 1. The van der Waals surface area contributed by atoms with Gasteiger partial charge in [0.05, 0.1) is 26.3 Å². The van der Waals surface area contributed by atoms with Crippen LogP contribution in [-0.2, 0) is 17.6 Å². The highest BCUT2D eigenvalue weighted by atomic mass is 32.1. The number of methoxy groups -OCH3 is 2. The van der Waals surface area contributed by atoms with E-state index >= 15 is 0 Å². The SMILES string of the molecule is CCc1ccc(NC(=O)Cc2csc3nc(-c4cc(OC)ccc4OC)cn23)cc1. The van der Waals surface area contributed by atoms with Crippen LogP contribution >= 0.6 is 11.3 Å². The predicted octanol–water partition coefficient (Wildman–Crippen LogP) is 4.82. The Labute approximate surface area is 179 Å². The van der Waals surface area contributed by atoms with E-state index in [4.69, 9.17) is 14.5 Å². The summed E-state index contributed by atoms with van der Waals surface area (Å²) in [6, 6.07) is 13.5. The average Bonchev–Trinajstić information content (AvgIpc) is 3.35. The molecule has 4 rings (SSSR count). The molecule has 0 atom stereocenters. The molecule has 0 bridgehead atoms. The highest BCUT2D eigenvalue weighted by Crippen LogP contribution is 2.34. The van der Waals surface area contributed by atoms with Crippen LogP contribution in [0.1, 0.15) is 18.2 Å². The maximum Gasteiger partial charge on any atom is 0.230 e. The quantitative estimate of drug-likeness (QED) is 0.464. The number of anilines is 1. The number of aromatic nitrogens is 2. The van der Waals surface area contributed by atoms with Crippen LogP contribution in [-0.4, -0.2) is 29.5 Å². The van der Waals surface area contributed by atoms with Gasteiger partial charge in [0, 0.05) is 28.5 Å². The number of rotatable bonds is 7. The van der Waals surface area contributed by atoms with Crippen LogP contribution in [0.2, 0.25) is 0 Å². The number of nitrogens with one attached hydrogen (secondary N) is 1. The smallest absolute Gasteiger partial charge is 0.230 e. The fourth-order valence-corrected chi connectivity index (χ4v) is 4.17. The fraction of sp³-hybridized carbons (Fsp3) is 0.217. The second-order valence-electron chi connectivity index (χ2n) is 6.85. The average molecular weight is 422 g/mol. The Morgan fingerprint density at radius 2 is 1.93 bits per heavy atom. The lowest BCUT2D eigenvalue weighted by Gasteiger charge is -2.08. The number of aryl methyl sites for hydroxylation is 1. The molecule has 2 aromatic carbocycles. The third-order valence-corrected chi connectivity index (χ3v) is 5.84. The van der Waals surface area contributed by atoms with E-state index in [2.05, 4.69) is 12.2 Å². The molecule has 1 N–H and O–H groups in total. The van der Waals surface area contributed by atoms with E-state index in [1.165, 1.54) is 16.9 Å². The second-order valence-corrected chi connectivity index (χ2v) is 7.68. The molecule has 30 heavy (non-hydrogen) atoms. The first-order chi connectivity index (χ1) is 14.6. The minimum atomic E-state index is -0.0619. The molecule has 0 aliphatic heterocycles. The topological polar surface area (TPSA) is 64.9 Å². The molecule has 0 aliphatic rings. The van der Waals surface area contributed by atoms with Crippen LogP contribution < -0.4 is 14.8 Å². The number of amides is 1. The van der Waals surface area contributed by atoms with Crippen LogP contribution in [0.5, 0.6) is 11.5 Å². The molecule has 6 nitrogen and oxygen atoms in total. The van der Waals surface area contributed by atoms with E-state index in [9.17, 15) is 4.79 Å². The first kappa shape index (κ1) is 20.0. The fourth-order valence-electron chi connectivity index (χ4n) is 3.29. The summed E-state index contributed by atoms with van der Waals surface area (Å²) in [4.78, 5) is 18.1. The molecule has 2 heterocycles. The summed E-state index contributed by atoms with van der Waals surface area (Å²) in [5.41, 5.74) is 4.55. The number of fused-ring (bicyclic) bond motifs is 1. The van der Waals surface area contributed by atoms with E-state index in [0.29, 0.717) is 0 Å². The largest absolute Gasteiger partial charge is 0.497 e. The van der Waals surface area contributed by atoms with Crippen molar-refractivity contribution in [3.8, 4) is 22.8 Å². The number of hydrogen-bond donors (Lipinski definition) is 1. The van der Waals surface area contributed by atoms with Crippen molar-refractivity contribution in [2.75, 3.05) is 19.5 Å². The molecule has 0 aliphatic carbocycles. The van der Waals surface area contributed by atoms with E-state index < -0.39 is 0 Å². The molecule has 0 unspecified atom stereocenters. The number of carbonyl (C=O) groups excluding carboxylic acids is 1. The van der Waals surface area contributed by atoms with Gasteiger partial charge in [0.2, 0.25) is 5.91 Å². The number of ether oxygens (including phenoxy) is 2. The third kappa shape index (κ3) is 4.02. The number of benzene rings is 2. The van der Waals surface area contributed by atoms with Crippen molar-refractivity contribution in [2.45, 2.75) is 19.8 Å². The van der Waals surface area contributed by atoms with Crippen molar-refractivity contribution in [3.63, 3.8) is 0 Å². The highest BCUT2D eigenvalue weighted by molar-refractivity contribution is 7.15. The lowest BCUT2D eigenvalue weighted by molar-refractivity contribution is -0.115. The number of imidazole rings is 1. The Morgan fingerprint density at radius 1 is 1.13 bits per heavy atom. The van der Waals surface area contributed by atoms with E-state index in [1.807, 2.05) is 58.4 Å². The van der Waals surface area contributed by atoms with Crippen LogP contribution in [0.25, 0.3) is 16.2 Å². The maximum atomic E-state index is 12.6. The van der Waals surface area contributed by atoms with Gasteiger partial charge in [-0.05, 0) is 42.3 Å². The zero-order chi connectivity index (χ0) is 21.1. The lowest BCUT2D eigenvalue weighted by atomic mass is 10.1. The minimum Gasteiger partial charge on any atom is -0.497 e. The Morgan fingerprint density at radius 3 is 2.63 bits per heavy atom. The molecule has 0 fully saturated rings. The minimum absolute atomic E-state index is 0.0619. The van der Waals surface area contributed by atoms with Gasteiger partial charge < -0.3 is 14.8 Å². The van der Waals surface area contributed by atoms with E-state index in [1.54, 1.807) is 14.2 Å². The van der Waals surface area contributed by atoms with Gasteiger partial charge in [0.1, 0.15) is 11.5 Å². The van der Waals surface area contributed by atoms with Gasteiger partial charge in [-0.25, -0.2) is 4.98 Å². The van der Waals surface area contributed by atoms with Crippen molar-refractivity contribution >= 4 is 27.9 Å². The summed E-state index contributed by atoms with van der Waals surface area (Å²) in [6.45, 7) is 2.11. The van der Waals surface area contributed by atoms with E-state index in [0.717, 1.165) is 45.5 Å². The molecule has 1 amide bonds. The Hall–Kier alpha value is -3.32. The standard InChI is InChI=1S/C23H23N3O3S/c1-4-15-5-7-16(8-6-15)24-22(27)11-17-14-30-23-25-20(13-26(17)23)19-12-18(28-2)9-10-21(19)29-3/h5-10,12-14H,4,11H2,1-3H3,(H,24,27). The Kier molecular flexibility index (Phi) is 5.72. The molecule has 0 saturated carbocycles. The van der Waals surface area contributed by atoms with Gasteiger partial charge in [0.15, 0.2) is 4.96 Å². The van der Waals surface area contributed by atoms with Gasteiger partial charge in [-0.1, -0.05) is 19.1 Å². The third-order valence-electron chi connectivity index (χ3n) is 4.95. The molecular weight excluding hydrogens is 398 g/mol. The molecular formula is C23H23N3O3S. The van der Waals surface area contributed by atoms with Crippen LogP contribution in [0.3, 0.4) is 0 Å². The number of nitrogens with zero attached hydrogens (tertiary/aromatic N) is 2. The Bertz CT molecular complexity index is 1180. The monoisotopic (exact) mass is 421 g/mol. The molecule has 0 radical (unpaired) electrons. The van der Waals surface area contributed by atoms with Gasteiger partial charge in [-0.15, -0.1) is 11.3 Å². The first-order valence-electron chi connectivity index (χ1n) is 9.68. The summed E-state index contributed by atoms with van der Waals surface area (Å²) >= 11 is 1.51. The van der Waals surface area contributed by atoms with Crippen LogP contribution in [0.4, 0.5) is 5.69 Å². The second kappa shape index (κ2) is 8.59. The molecule has 4 aromatic rings.